The molecule has 0 atom stereocenters. The van der Waals surface area contributed by atoms with Crippen LogP contribution in [-0.2, 0) is 34.6 Å². The molecule has 3 aromatic rings. The van der Waals surface area contributed by atoms with Gasteiger partial charge in [0.05, 0.1) is 11.9 Å². The third-order valence-electron chi connectivity index (χ3n) is 5.56. The number of nitrogens with one attached hydrogen (secondary N) is 1. The lowest BCUT2D eigenvalue weighted by molar-refractivity contribution is -0.137. The van der Waals surface area contributed by atoms with E-state index >= 15 is 0 Å². The van der Waals surface area contributed by atoms with E-state index in [1.807, 2.05) is 24.3 Å². The minimum atomic E-state index is -4.63. The minimum absolute atomic E-state index is 0.00605. The topological polar surface area (TPSA) is 75.2 Å². The van der Waals surface area contributed by atoms with Gasteiger partial charge in [-0.15, -0.1) is 0 Å². The van der Waals surface area contributed by atoms with Crippen molar-refractivity contribution < 1.29 is 21.6 Å². The van der Waals surface area contributed by atoms with E-state index in [2.05, 4.69) is 36.1 Å². The molecule has 0 aliphatic rings. The smallest absolute Gasteiger partial charge is 0.365 e. The third kappa shape index (κ3) is 6.94. The summed E-state index contributed by atoms with van der Waals surface area (Å²) in [6, 6.07) is 14.4. The Morgan fingerprint density at radius 1 is 1.00 bits per heavy atom. The quantitative estimate of drug-likeness (QED) is 0.465. The molecular formula is C25H29F3N4O2S. The Bertz CT molecular complexity index is 1290. The first kappa shape index (κ1) is 26.5. The predicted octanol–water partition coefficient (Wildman–Crippen LogP) is 5.39. The highest BCUT2D eigenvalue weighted by molar-refractivity contribution is 7.92. The van der Waals surface area contributed by atoms with Crippen LogP contribution in [0.1, 0.15) is 48.8 Å². The first-order valence-electron chi connectivity index (χ1n) is 10.9. The fraction of sp³-hybridized carbons (Fsp3) is 0.360. The van der Waals surface area contributed by atoms with Crippen molar-refractivity contribution in [2.75, 3.05) is 22.9 Å². The molecule has 0 radical (unpaired) electrons. The SMILES string of the molecule is CN(c1cccc(CNc2nc(Cc3ccc(C(C)(C)C)cc3)ncc2C(F)(F)F)c1)S(C)(=O)=O. The number of nitrogens with zero attached hydrogens (tertiary/aromatic N) is 3. The van der Waals surface area contributed by atoms with E-state index in [1.165, 1.54) is 7.05 Å². The van der Waals surface area contributed by atoms with Gasteiger partial charge in [0.1, 0.15) is 17.2 Å². The molecule has 3 rings (SSSR count). The summed E-state index contributed by atoms with van der Waals surface area (Å²) in [7, 11) is -2.06. The highest BCUT2D eigenvalue weighted by Gasteiger charge is 2.35. The summed E-state index contributed by atoms with van der Waals surface area (Å²) in [5.74, 6) is -0.0646. The van der Waals surface area contributed by atoms with Crippen LogP contribution in [0.3, 0.4) is 0 Å². The number of halogens is 3. The van der Waals surface area contributed by atoms with Gasteiger partial charge in [-0.1, -0.05) is 57.2 Å². The lowest BCUT2D eigenvalue weighted by atomic mass is 9.86. The molecule has 1 heterocycles. The molecule has 35 heavy (non-hydrogen) atoms. The summed E-state index contributed by atoms with van der Waals surface area (Å²) in [6.45, 7) is 6.33. The molecule has 188 valence electrons. The van der Waals surface area contributed by atoms with Crippen molar-refractivity contribution in [2.45, 2.75) is 45.3 Å². The van der Waals surface area contributed by atoms with Crippen LogP contribution in [0, 0.1) is 0 Å². The molecule has 1 N–H and O–H groups in total. The third-order valence-corrected chi connectivity index (χ3v) is 6.76. The number of anilines is 2. The molecule has 0 aliphatic heterocycles. The van der Waals surface area contributed by atoms with Gasteiger partial charge < -0.3 is 5.32 Å². The van der Waals surface area contributed by atoms with Crippen molar-refractivity contribution in [3.8, 4) is 0 Å². The molecule has 0 bridgehead atoms. The summed E-state index contributed by atoms with van der Waals surface area (Å²) in [4.78, 5) is 8.12. The van der Waals surface area contributed by atoms with Crippen LogP contribution in [-0.4, -0.2) is 31.7 Å². The van der Waals surface area contributed by atoms with E-state index in [0.29, 0.717) is 11.3 Å². The van der Waals surface area contributed by atoms with Gasteiger partial charge in [-0.2, -0.15) is 13.2 Å². The highest BCUT2D eigenvalue weighted by Crippen LogP contribution is 2.34. The van der Waals surface area contributed by atoms with Crippen LogP contribution in [0.25, 0.3) is 0 Å². The van der Waals surface area contributed by atoms with E-state index < -0.39 is 21.8 Å². The Hall–Kier alpha value is -3.14. The van der Waals surface area contributed by atoms with Crippen molar-refractivity contribution in [3.63, 3.8) is 0 Å². The van der Waals surface area contributed by atoms with E-state index in [9.17, 15) is 21.6 Å². The summed E-state index contributed by atoms with van der Waals surface area (Å²) < 4.78 is 65.5. The second-order valence-electron chi connectivity index (χ2n) is 9.42. The average Bonchev–Trinajstić information content (AvgIpc) is 2.76. The second-order valence-corrected chi connectivity index (χ2v) is 11.4. The number of hydrogen-bond donors (Lipinski definition) is 1. The van der Waals surface area contributed by atoms with Gasteiger partial charge in [-0.05, 0) is 34.2 Å². The standard InChI is InChI=1S/C25H29F3N4O2S/c1-24(2,3)19-11-9-17(10-12-19)14-22-29-16-21(25(26,27)28)23(31-22)30-15-18-7-6-8-20(13-18)32(4)35(5,33)34/h6-13,16H,14-15H2,1-5H3,(H,29,30,31). The fourth-order valence-corrected chi connectivity index (χ4v) is 3.89. The van der Waals surface area contributed by atoms with Gasteiger partial charge in [-0.3, -0.25) is 4.31 Å². The van der Waals surface area contributed by atoms with E-state index in [4.69, 9.17) is 0 Å². The number of benzene rings is 2. The summed E-state index contributed by atoms with van der Waals surface area (Å²) in [6.07, 6.45) is -2.48. The predicted molar refractivity (Wildman–Crippen MR) is 132 cm³/mol. The molecule has 10 heteroatoms. The second kappa shape index (κ2) is 9.85. The van der Waals surface area contributed by atoms with Gasteiger partial charge in [0.2, 0.25) is 10.0 Å². The first-order chi connectivity index (χ1) is 16.1. The van der Waals surface area contributed by atoms with Crippen LogP contribution < -0.4 is 9.62 Å². The molecule has 6 nitrogen and oxygen atoms in total. The number of aromatic nitrogens is 2. The first-order valence-corrected chi connectivity index (χ1v) is 12.8. The molecule has 0 fully saturated rings. The Kier molecular flexibility index (Phi) is 7.45. The lowest BCUT2D eigenvalue weighted by Crippen LogP contribution is -2.24. The number of alkyl halides is 3. The summed E-state index contributed by atoms with van der Waals surface area (Å²) >= 11 is 0. The van der Waals surface area contributed by atoms with Gasteiger partial charge in [-0.25, -0.2) is 18.4 Å². The Morgan fingerprint density at radius 2 is 1.66 bits per heavy atom. The zero-order chi connectivity index (χ0) is 26.0. The van der Waals surface area contributed by atoms with E-state index in [-0.39, 0.29) is 30.0 Å². The fourth-order valence-electron chi connectivity index (χ4n) is 3.39. The number of sulfonamides is 1. The van der Waals surface area contributed by atoms with E-state index in [0.717, 1.165) is 27.9 Å². The van der Waals surface area contributed by atoms with Crippen molar-refractivity contribution in [2.24, 2.45) is 0 Å². The maximum atomic E-state index is 13.6. The van der Waals surface area contributed by atoms with E-state index in [1.54, 1.807) is 24.3 Å². The van der Waals surface area contributed by atoms with Crippen LogP contribution in [0.5, 0.6) is 0 Å². The molecule has 2 aromatic carbocycles. The molecule has 0 aliphatic carbocycles. The molecule has 1 aromatic heterocycles. The van der Waals surface area contributed by atoms with Gasteiger partial charge >= 0.3 is 6.18 Å². The molecule has 0 spiro atoms. The van der Waals surface area contributed by atoms with Crippen molar-refractivity contribution in [3.05, 3.63) is 82.8 Å². The normalized spacial score (nSPS) is 12.5. The average molecular weight is 507 g/mol. The maximum absolute atomic E-state index is 13.6. The van der Waals surface area contributed by atoms with Crippen molar-refractivity contribution in [1.29, 1.82) is 0 Å². The largest absolute Gasteiger partial charge is 0.421 e. The van der Waals surface area contributed by atoms with Crippen LogP contribution in [0.15, 0.2) is 54.7 Å². The minimum Gasteiger partial charge on any atom is -0.365 e. The molecule has 0 unspecified atom stereocenters. The van der Waals surface area contributed by atoms with Gasteiger partial charge in [0, 0.05) is 26.2 Å². The monoisotopic (exact) mass is 506 g/mol. The molecular weight excluding hydrogens is 477 g/mol. The lowest BCUT2D eigenvalue weighted by Gasteiger charge is -2.19. The summed E-state index contributed by atoms with van der Waals surface area (Å²) in [5, 5.41) is 2.76. The van der Waals surface area contributed by atoms with Crippen molar-refractivity contribution >= 4 is 21.5 Å². The molecule has 0 amide bonds. The van der Waals surface area contributed by atoms with Gasteiger partial charge in [0.15, 0.2) is 0 Å². The molecule has 0 saturated heterocycles. The van der Waals surface area contributed by atoms with Crippen LogP contribution in [0.2, 0.25) is 0 Å². The Labute approximate surface area is 204 Å². The van der Waals surface area contributed by atoms with Crippen LogP contribution in [0.4, 0.5) is 24.7 Å². The number of hydrogen-bond acceptors (Lipinski definition) is 5. The zero-order valence-corrected chi connectivity index (χ0v) is 21.1. The van der Waals surface area contributed by atoms with Gasteiger partial charge in [0.25, 0.3) is 0 Å². The highest BCUT2D eigenvalue weighted by atomic mass is 32.2. The van der Waals surface area contributed by atoms with Crippen molar-refractivity contribution in [1.82, 2.24) is 9.97 Å². The zero-order valence-electron chi connectivity index (χ0n) is 20.3. The maximum Gasteiger partial charge on any atom is 0.421 e. The Morgan fingerprint density at radius 3 is 2.23 bits per heavy atom. The number of rotatable bonds is 7. The Balaban J connectivity index is 1.84. The van der Waals surface area contributed by atoms with Crippen LogP contribution >= 0.6 is 0 Å². The summed E-state index contributed by atoms with van der Waals surface area (Å²) in [5.41, 5.74) is 2.08. The molecule has 0 saturated carbocycles.